The van der Waals surface area contributed by atoms with Crippen molar-refractivity contribution in [2.75, 3.05) is 6.61 Å². The lowest BCUT2D eigenvalue weighted by Gasteiger charge is -1.99. The van der Waals surface area contributed by atoms with Crippen molar-refractivity contribution in [2.24, 2.45) is 7.05 Å². The van der Waals surface area contributed by atoms with E-state index in [1.807, 2.05) is 0 Å². The van der Waals surface area contributed by atoms with Crippen molar-refractivity contribution in [3.8, 4) is 0 Å². The van der Waals surface area contributed by atoms with Crippen LogP contribution in [0.4, 0.5) is 0 Å². The van der Waals surface area contributed by atoms with Gasteiger partial charge in [0.05, 0.1) is 24.2 Å². The highest BCUT2D eigenvalue weighted by Gasteiger charge is 2.09. The number of nitrogens with zero attached hydrogens (tertiary/aromatic N) is 2. The highest BCUT2D eigenvalue weighted by molar-refractivity contribution is 6.31. The van der Waals surface area contributed by atoms with Crippen molar-refractivity contribution in [2.45, 2.75) is 6.54 Å². The van der Waals surface area contributed by atoms with E-state index in [1.165, 1.54) is 4.57 Å². The number of aliphatic hydroxyl groups is 1. The van der Waals surface area contributed by atoms with Crippen molar-refractivity contribution >= 4 is 22.6 Å². The predicted octanol–water partition coefficient (Wildman–Crippen LogP) is 0.986. The molecule has 0 aliphatic rings. The maximum Gasteiger partial charge on any atom is 0.328 e. The monoisotopic (exact) mass is 226 g/mol. The van der Waals surface area contributed by atoms with E-state index in [0.29, 0.717) is 5.02 Å². The quantitative estimate of drug-likeness (QED) is 0.830. The molecule has 0 radical (unpaired) electrons. The molecule has 1 heterocycles. The zero-order valence-corrected chi connectivity index (χ0v) is 9.03. The normalized spacial score (nSPS) is 11.1. The Balaban J connectivity index is 2.82. The molecule has 1 aromatic heterocycles. The van der Waals surface area contributed by atoms with Gasteiger partial charge in [-0.2, -0.15) is 0 Å². The molecule has 0 fully saturated rings. The Bertz CT molecular complexity index is 556. The number of hydrogen-bond acceptors (Lipinski definition) is 2. The zero-order valence-electron chi connectivity index (χ0n) is 8.27. The maximum absolute atomic E-state index is 11.8. The molecule has 0 aliphatic heterocycles. The molecule has 2 rings (SSSR count). The van der Waals surface area contributed by atoms with Gasteiger partial charge < -0.3 is 5.11 Å². The average Bonchev–Trinajstić information content (AvgIpc) is 2.44. The first-order valence-electron chi connectivity index (χ1n) is 4.61. The second-order valence-electron chi connectivity index (χ2n) is 3.35. The summed E-state index contributed by atoms with van der Waals surface area (Å²) in [7, 11) is 1.70. The van der Waals surface area contributed by atoms with Crippen LogP contribution in [0.5, 0.6) is 0 Å². The van der Waals surface area contributed by atoms with Crippen LogP contribution in [0, 0.1) is 0 Å². The Morgan fingerprint density at radius 3 is 2.80 bits per heavy atom. The third kappa shape index (κ3) is 1.56. The van der Waals surface area contributed by atoms with E-state index in [1.54, 1.807) is 29.8 Å². The van der Waals surface area contributed by atoms with Crippen LogP contribution in [-0.2, 0) is 13.6 Å². The van der Waals surface area contributed by atoms with Crippen LogP contribution in [0.2, 0.25) is 5.02 Å². The van der Waals surface area contributed by atoms with Gasteiger partial charge in [-0.25, -0.2) is 4.79 Å². The minimum atomic E-state index is -0.138. The smallest absolute Gasteiger partial charge is 0.328 e. The van der Waals surface area contributed by atoms with E-state index >= 15 is 0 Å². The van der Waals surface area contributed by atoms with Gasteiger partial charge in [0.15, 0.2) is 0 Å². The van der Waals surface area contributed by atoms with Gasteiger partial charge in [-0.05, 0) is 18.2 Å². The Morgan fingerprint density at radius 2 is 2.13 bits per heavy atom. The summed E-state index contributed by atoms with van der Waals surface area (Å²) in [6.45, 7) is 0.224. The van der Waals surface area contributed by atoms with Gasteiger partial charge >= 0.3 is 5.69 Å². The third-order valence-corrected chi connectivity index (χ3v) is 2.67. The fourth-order valence-electron chi connectivity index (χ4n) is 1.70. The number of benzene rings is 1. The fourth-order valence-corrected chi connectivity index (χ4v) is 1.87. The lowest BCUT2D eigenvalue weighted by Crippen LogP contribution is -2.23. The Morgan fingerprint density at radius 1 is 1.40 bits per heavy atom. The number of hydrogen-bond donors (Lipinski definition) is 1. The molecule has 2 aromatic rings. The Kier molecular flexibility index (Phi) is 2.54. The minimum absolute atomic E-state index is 0.0640. The van der Waals surface area contributed by atoms with E-state index < -0.39 is 0 Å². The van der Waals surface area contributed by atoms with Crippen molar-refractivity contribution in [1.29, 1.82) is 0 Å². The van der Waals surface area contributed by atoms with Gasteiger partial charge in [0.2, 0.25) is 0 Å². The number of imidazole rings is 1. The van der Waals surface area contributed by atoms with E-state index in [-0.39, 0.29) is 18.8 Å². The predicted molar refractivity (Wildman–Crippen MR) is 59.3 cm³/mol. The van der Waals surface area contributed by atoms with Crippen molar-refractivity contribution in [3.63, 3.8) is 0 Å². The maximum atomic E-state index is 11.8. The van der Waals surface area contributed by atoms with Gasteiger partial charge in [-0.1, -0.05) is 11.6 Å². The number of halogens is 1. The second kappa shape index (κ2) is 3.72. The molecule has 0 unspecified atom stereocenters. The average molecular weight is 227 g/mol. The van der Waals surface area contributed by atoms with Gasteiger partial charge in [-0.15, -0.1) is 0 Å². The molecule has 0 saturated heterocycles. The SMILES string of the molecule is Cn1c(=O)n(CCO)c2cc(Cl)ccc21. The topological polar surface area (TPSA) is 47.2 Å². The zero-order chi connectivity index (χ0) is 11.0. The van der Waals surface area contributed by atoms with Crippen molar-refractivity contribution < 1.29 is 5.11 Å². The van der Waals surface area contributed by atoms with Gasteiger partial charge in [-0.3, -0.25) is 9.13 Å². The molecular weight excluding hydrogens is 216 g/mol. The highest BCUT2D eigenvalue weighted by Crippen LogP contribution is 2.17. The summed E-state index contributed by atoms with van der Waals surface area (Å²) in [5.41, 5.74) is 1.43. The van der Waals surface area contributed by atoms with E-state index in [0.717, 1.165) is 11.0 Å². The summed E-state index contributed by atoms with van der Waals surface area (Å²) < 4.78 is 3.06. The minimum Gasteiger partial charge on any atom is -0.395 e. The molecule has 80 valence electrons. The molecule has 5 heteroatoms. The Labute approximate surface area is 91.3 Å². The van der Waals surface area contributed by atoms with Crippen molar-refractivity contribution in [1.82, 2.24) is 9.13 Å². The summed E-state index contributed by atoms with van der Waals surface area (Å²) in [4.78, 5) is 11.8. The van der Waals surface area contributed by atoms with E-state index in [9.17, 15) is 4.79 Å². The molecule has 15 heavy (non-hydrogen) atoms. The Hall–Kier alpha value is -1.26. The second-order valence-corrected chi connectivity index (χ2v) is 3.79. The number of aryl methyl sites for hydroxylation is 1. The fraction of sp³-hybridized carbons (Fsp3) is 0.300. The molecule has 0 spiro atoms. The molecule has 1 N–H and O–H groups in total. The van der Waals surface area contributed by atoms with Crippen LogP contribution in [0.15, 0.2) is 23.0 Å². The van der Waals surface area contributed by atoms with Gasteiger partial charge in [0, 0.05) is 12.1 Å². The summed E-state index contributed by atoms with van der Waals surface area (Å²) in [6.07, 6.45) is 0. The number of aromatic nitrogens is 2. The lowest BCUT2D eigenvalue weighted by molar-refractivity contribution is 0.275. The summed E-state index contributed by atoms with van der Waals surface area (Å²) >= 11 is 5.87. The van der Waals surface area contributed by atoms with E-state index in [2.05, 4.69) is 0 Å². The first-order valence-corrected chi connectivity index (χ1v) is 4.98. The molecule has 1 aromatic carbocycles. The van der Waals surface area contributed by atoms with Crippen LogP contribution in [-0.4, -0.2) is 20.8 Å². The van der Waals surface area contributed by atoms with Gasteiger partial charge in [0.1, 0.15) is 0 Å². The molecule has 0 atom stereocenters. The number of rotatable bonds is 2. The lowest BCUT2D eigenvalue weighted by atomic mass is 10.3. The van der Waals surface area contributed by atoms with Crippen LogP contribution < -0.4 is 5.69 Å². The summed E-state index contributed by atoms with van der Waals surface area (Å²) in [5.74, 6) is 0. The molecule has 0 aliphatic carbocycles. The molecule has 4 nitrogen and oxygen atoms in total. The summed E-state index contributed by atoms with van der Waals surface area (Å²) in [5, 5.41) is 9.46. The highest BCUT2D eigenvalue weighted by atomic mass is 35.5. The standard InChI is InChI=1S/C10H11ClN2O2/c1-12-8-3-2-7(11)6-9(8)13(4-5-14)10(12)15/h2-3,6,14H,4-5H2,1H3. The van der Waals surface area contributed by atoms with Crippen molar-refractivity contribution in [3.05, 3.63) is 33.7 Å². The van der Waals surface area contributed by atoms with Gasteiger partial charge in [0.25, 0.3) is 0 Å². The number of fused-ring (bicyclic) bond motifs is 1. The first kappa shape index (κ1) is 10.3. The molecule has 0 saturated carbocycles. The largest absolute Gasteiger partial charge is 0.395 e. The van der Waals surface area contributed by atoms with Crippen LogP contribution >= 0.6 is 11.6 Å². The third-order valence-electron chi connectivity index (χ3n) is 2.43. The summed E-state index contributed by atoms with van der Waals surface area (Å²) in [6, 6.07) is 5.27. The number of aliphatic hydroxyl groups excluding tert-OH is 1. The molecule has 0 amide bonds. The molecular formula is C10H11ClN2O2. The molecule has 0 bridgehead atoms. The van der Waals surface area contributed by atoms with E-state index in [4.69, 9.17) is 16.7 Å². The van der Waals surface area contributed by atoms with Crippen LogP contribution in [0.1, 0.15) is 0 Å². The van der Waals surface area contributed by atoms with Crippen LogP contribution in [0.25, 0.3) is 11.0 Å². The first-order chi connectivity index (χ1) is 7.15. The van der Waals surface area contributed by atoms with Crippen LogP contribution in [0.3, 0.4) is 0 Å².